The Balaban J connectivity index is 1.34. The third kappa shape index (κ3) is 5.62. The number of hydrogen-bond acceptors (Lipinski definition) is 6. The van der Waals surface area contributed by atoms with Gasteiger partial charge in [0.25, 0.3) is 5.91 Å². The zero-order chi connectivity index (χ0) is 24.2. The third-order valence-corrected chi connectivity index (χ3v) is 6.65. The molecule has 1 unspecified atom stereocenters. The van der Waals surface area contributed by atoms with Crippen molar-refractivity contribution in [2.75, 3.05) is 33.5 Å². The molecule has 0 N–H and O–H groups in total. The molecule has 0 saturated carbocycles. The molecule has 7 nitrogen and oxygen atoms in total. The molecule has 2 aliphatic heterocycles. The Bertz CT molecular complexity index is 1160. The van der Waals surface area contributed by atoms with Crippen molar-refractivity contribution < 1.29 is 23.4 Å². The molecule has 1 fully saturated rings. The number of amides is 1. The van der Waals surface area contributed by atoms with Gasteiger partial charge in [-0.05, 0) is 72.8 Å². The van der Waals surface area contributed by atoms with Crippen molar-refractivity contribution in [1.29, 1.82) is 0 Å². The summed E-state index contributed by atoms with van der Waals surface area (Å²) in [4.78, 5) is 16.8. The number of fused-ring (bicyclic) bond motifs is 1. The zero-order valence-electron chi connectivity index (χ0n) is 20.4. The van der Waals surface area contributed by atoms with Crippen molar-refractivity contribution in [1.82, 2.24) is 9.80 Å². The fraction of sp³-hybridized carbons (Fsp3) is 0.393. The van der Waals surface area contributed by atoms with E-state index in [0.29, 0.717) is 12.5 Å². The molecule has 3 aromatic rings. The van der Waals surface area contributed by atoms with Crippen molar-refractivity contribution >= 4 is 5.91 Å². The van der Waals surface area contributed by atoms with Gasteiger partial charge in [0.05, 0.1) is 12.8 Å². The Morgan fingerprint density at radius 3 is 2.77 bits per heavy atom. The number of likely N-dealkylation sites (tertiary alicyclic amines) is 1. The highest BCUT2D eigenvalue weighted by atomic mass is 16.7. The summed E-state index contributed by atoms with van der Waals surface area (Å²) in [6, 6.07) is 15.9. The lowest BCUT2D eigenvalue weighted by atomic mass is 9.98. The quantitative estimate of drug-likeness (QED) is 0.459. The maximum absolute atomic E-state index is 12.7. The highest BCUT2D eigenvalue weighted by Crippen LogP contribution is 2.37. The van der Waals surface area contributed by atoms with Crippen LogP contribution in [0.15, 0.2) is 59.2 Å². The van der Waals surface area contributed by atoms with E-state index in [1.54, 1.807) is 18.2 Å². The number of rotatable bonds is 8. The van der Waals surface area contributed by atoms with Crippen LogP contribution in [0.5, 0.6) is 17.2 Å². The summed E-state index contributed by atoms with van der Waals surface area (Å²) in [6.07, 6.45) is 4.09. The molecule has 0 radical (unpaired) electrons. The number of benzene rings is 2. The van der Waals surface area contributed by atoms with Crippen LogP contribution in [0.25, 0.3) is 11.1 Å². The number of nitrogens with zero attached hydrogens (tertiary/aromatic N) is 2. The summed E-state index contributed by atoms with van der Waals surface area (Å²) >= 11 is 0. The zero-order valence-corrected chi connectivity index (χ0v) is 20.4. The summed E-state index contributed by atoms with van der Waals surface area (Å²) in [5, 5.41) is 0. The topological polar surface area (TPSA) is 64.4 Å². The number of piperidine rings is 1. The van der Waals surface area contributed by atoms with Crippen LogP contribution in [0.4, 0.5) is 0 Å². The Kier molecular flexibility index (Phi) is 6.95. The van der Waals surface area contributed by atoms with E-state index in [1.807, 2.05) is 42.5 Å². The van der Waals surface area contributed by atoms with Gasteiger partial charge in [-0.15, -0.1) is 0 Å². The lowest BCUT2D eigenvalue weighted by Crippen LogP contribution is -2.34. The van der Waals surface area contributed by atoms with Crippen LogP contribution in [-0.2, 0) is 17.9 Å². The molecule has 0 spiro atoms. The maximum atomic E-state index is 12.7. The predicted octanol–water partition coefficient (Wildman–Crippen LogP) is 4.94. The lowest BCUT2D eigenvalue weighted by Gasteiger charge is -2.31. The first-order valence-corrected chi connectivity index (χ1v) is 12.2. The second-order valence-electron chi connectivity index (χ2n) is 9.49. The van der Waals surface area contributed by atoms with Crippen LogP contribution in [0.3, 0.4) is 0 Å². The monoisotopic (exact) mass is 476 g/mol. The molecule has 3 heterocycles. The van der Waals surface area contributed by atoms with Gasteiger partial charge in [-0.1, -0.05) is 19.1 Å². The minimum absolute atomic E-state index is 0.0238. The predicted molar refractivity (Wildman–Crippen MR) is 132 cm³/mol. The van der Waals surface area contributed by atoms with Gasteiger partial charge in [0.15, 0.2) is 18.1 Å². The van der Waals surface area contributed by atoms with Crippen LogP contribution in [-0.4, -0.2) is 49.2 Å². The SMILES string of the molecule is CC1CCCN(Cc2cc(-c3ccc4c(c3)OCO4)ccc2OCC(=O)N(C)Cc2ccco2)C1. The second kappa shape index (κ2) is 10.4. The molecule has 184 valence electrons. The van der Waals surface area contributed by atoms with Crippen LogP contribution in [0, 0.1) is 5.92 Å². The molecule has 1 atom stereocenters. The van der Waals surface area contributed by atoms with E-state index in [4.69, 9.17) is 18.6 Å². The molecule has 1 amide bonds. The number of hydrogen-bond donors (Lipinski definition) is 0. The van der Waals surface area contributed by atoms with Crippen molar-refractivity contribution in [2.24, 2.45) is 5.92 Å². The Labute approximate surface area is 206 Å². The first-order valence-electron chi connectivity index (χ1n) is 12.2. The second-order valence-corrected chi connectivity index (χ2v) is 9.49. The molecule has 1 saturated heterocycles. The van der Waals surface area contributed by atoms with E-state index >= 15 is 0 Å². The largest absolute Gasteiger partial charge is 0.483 e. The fourth-order valence-corrected chi connectivity index (χ4v) is 4.74. The molecule has 0 bridgehead atoms. The third-order valence-electron chi connectivity index (χ3n) is 6.65. The van der Waals surface area contributed by atoms with Crippen LogP contribution < -0.4 is 14.2 Å². The molecule has 2 aromatic carbocycles. The van der Waals surface area contributed by atoms with Crippen molar-refractivity contribution in [2.45, 2.75) is 32.9 Å². The highest BCUT2D eigenvalue weighted by molar-refractivity contribution is 5.77. The Morgan fingerprint density at radius 2 is 1.94 bits per heavy atom. The number of carbonyl (C=O) groups is 1. The molecular formula is C28H32N2O5. The average molecular weight is 477 g/mol. The van der Waals surface area contributed by atoms with Crippen LogP contribution >= 0.6 is 0 Å². The molecule has 1 aromatic heterocycles. The summed E-state index contributed by atoms with van der Waals surface area (Å²) in [7, 11) is 1.76. The first-order chi connectivity index (χ1) is 17.0. The van der Waals surface area contributed by atoms with E-state index in [-0.39, 0.29) is 19.3 Å². The highest BCUT2D eigenvalue weighted by Gasteiger charge is 2.20. The van der Waals surface area contributed by atoms with E-state index in [1.165, 1.54) is 12.8 Å². The van der Waals surface area contributed by atoms with Gasteiger partial charge >= 0.3 is 0 Å². The number of furan rings is 1. The molecule has 2 aliphatic rings. The van der Waals surface area contributed by atoms with Crippen molar-refractivity contribution in [3.05, 3.63) is 66.1 Å². The van der Waals surface area contributed by atoms with Gasteiger partial charge in [0.1, 0.15) is 11.5 Å². The summed E-state index contributed by atoms with van der Waals surface area (Å²) in [5.74, 6) is 3.61. The van der Waals surface area contributed by atoms with Gasteiger partial charge in [0.2, 0.25) is 6.79 Å². The van der Waals surface area contributed by atoms with Gasteiger partial charge < -0.3 is 23.5 Å². The van der Waals surface area contributed by atoms with Gasteiger partial charge in [-0.25, -0.2) is 0 Å². The molecular weight excluding hydrogens is 444 g/mol. The summed E-state index contributed by atoms with van der Waals surface area (Å²) in [5.41, 5.74) is 3.22. The van der Waals surface area contributed by atoms with Gasteiger partial charge in [-0.2, -0.15) is 0 Å². The van der Waals surface area contributed by atoms with Crippen molar-refractivity contribution in [3.63, 3.8) is 0 Å². The number of carbonyl (C=O) groups excluding carboxylic acids is 1. The van der Waals surface area contributed by atoms with Crippen molar-refractivity contribution in [3.8, 4) is 28.4 Å². The first kappa shape index (κ1) is 23.3. The normalized spacial score (nSPS) is 17.4. The molecule has 7 heteroatoms. The summed E-state index contributed by atoms with van der Waals surface area (Å²) in [6.45, 7) is 5.88. The molecule has 0 aliphatic carbocycles. The fourth-order valence-electron chi connectivity index (χ4n) is 4.74. The van der Waals surface area contributed by atoms with Crippen LogP contribution in [0.2, 0.25) is 0 Å². The average Bonchev–Trinajstić information content (AvgIpc) is 3.54. The van der Waals surface area contributed by atoms with E-state index in [0.717, 1.165) is 59.3 Å². The Hall–Kier alpha value is -3.45. The maximum Gasteiger partial charge on any atom is 0.260 e. The minimum Gasteiger partial charge on any atom is -0.483 e. The van der Waals surface area contributed by atoms with E-state index in [9.17, 15) is 4.79 Å². The van der Waals surface area contributed by atoms with E-state index < -0.39 is 0 Å². The standard InChI is InChI=1S/C28H32N2O5/c1-20-5-3-11-30(15-20)16-23-13-21(22-8-10-26-27(14-22)35-19-34-26)7-9-25(23)33-18-28(31)29(2)17-24-6-4-12-32-24/h4,6-10,12-14,20H,3,5,11,15-19H2,1-2H3. The smallest absolute Gasteiger partial charge is 0.260 e. The molecule has 5 rings (SSSR count). The minimum atomic E-state index is -0.0983. The molecule has 35 heavy (non-hydrogen) atoms. The van der Waals surface area contributed by atoms with Gasteiger partial charge in [-0.3, -0.25) is 9.69 Å². The lowest BCUT2D eigenvalue weighted by molar-refractivity contribution is -0.132. The van der Waals surface area contributed by atoms with Gasteiger partial charge in [0, 0.05) is 25.7 Å². The Morgan fingerprint density at radius 1 is 1.11 bits per heavy atom. The number of ether oxygens (including phenoxy) is 3. The summed E-state index contributed by atoms with van der Waals surface area (Å²) < 4.78 is 22.5. The number of likely N-dealkylation sites (N-methyl/N-ethyl adjacent to an activating group) is 1. The van der Waals surface area contributed by atoms with E-state index in [2.05, 4.69) is 17.9 Å². The van der Waals surface area contributed by atoms with Crippen LogP contribution in [0.1, 0.15) is 31.1 Å².